The fraction of sp³-hybridized carbons (Fsp3) is 1.00. The van der Waals surface area contributed by atoms with Gasteiger partial charge in [0, 0.05) is 0 Å². The predicted molar refractivity (Wildman–Crippen MR) is 76.7 cm³/mol. The van der Waals surface area contributed by atoms with Crippen molar-refractivity contribution in [2.24, 2.45) is 0 Å². The largest absolute Gasteiger partial charge is 0.301 e. The van der Waals surface area contributed by atoms with E-state index in [4.69, 9.17) is 4.55 Å². The van der Waals surface area contributed by atoms with Gasteiger partial charge in [0.2, 0.25) is 0 Å². The first-order valence-electron chi connectivity index (χ1n) is 6.62. The molecule has 0 aromatic carbocycles. The van der Waals surface area contributed by atoms with Gasteiger partial charge in [-0.05, 0) is 18.6 Å². The van der Waals surface area contributed by atoms with Gasteiger partial charge in [-0.2, -0.15) is 16.8 Å². The molecule has 0 aromatic heterocycles. The van der Waals surface area contributed by atoms with E-state index in [0.29, 0.717) is 6.61 Å². The zero-order valence-corrected chi connectivity index (χ0v) is 12.3. The van der Waals surface area contributed by atoms with Gasteiger partial charge in [-0.15, -0.1) is 0 Å². The molecule has 0 aliphatic rings. The third-order valence-electron chi connectivity index (χ3n) is 2.74. The van der Waals surface area contributed by atoms with Crippen molar-refractivity contribution < 1.29 is 12.9 Å². The van der Waals surface area contributed by atoms with E-state index in [1.165, 1.54) is 51.4 Å². The molecule has 0 saturated heterocycles. The maximum atomic E-state index is 10.2. The molecule has 0 aliphatic heterocycles. The minimum Gasteiger partial charge on any atom is -0.284 e. The quantitative estimate of drug-likeness (QED) is 0.305. The first kappa shape index (κ1) is 17.4. The van der Waals surface area contributed by atoms with Crippen LogP contribution in [0.1, 0.15) is 64.2 Å². The second kappa shape index (κ2) is 14.5. The van der Waals surface area contributed by atoms with Gasteiger partial charge in [0.25, 0.3) is 0 Å². The number of thiol groups is 1. The van der Waals surface area contributed by atoms with Crippen molar-refractivity contribution in [1.29, 1.82) is 0 Å². The predicted octanol–water partition coefficient (Wildman–Crippen LogP) is 3.97. The number of rotatable bonds is 13. The van der Waals surface area contributed by atoms with Crippen molar-refractivity contribution in [3.05, 3.63) is 0 Å². The highest BCUT2D eigenvalue weighted by atomic mass is 32.2. The van der Waals surface area contributed by atoms with Crippen LogP contribution in [0, 0.1) is 0 Å². The first-order valence-corrected chi connectivity index (χ1v) is 8.29. The molecular weight excluding hydrogens is 256 g/mol. The number of unbranched alkanes of at least 4 members (excludes halogenated alkanes) is 9. The Morgan fingerprint density at radius 2 is 1.24 bits per heavy atom. The van der Waals surface area contributed by atoms with Crippen LogP contribution in [0.3, 0.4) is 0 Å². The summed E-state index contributed by atoms with van der Waals surface area (Å²) in [6, 6.07) is 0. The first-order chi connectivity index (χ1) is 8.27. The Morgan fingerprint density at radius 1 is 0.824 bits per heavy atom. The van der Waals surface area contributed by atoms with Gasteiger partial charge in [0.1, 0.15) is 0 Å². The maximum absolute atomic E-state index is 10.2. The molecule has 0 rings (SSSR count). The second-order valence-corrected chi connectivity index (χ2v) is 5.42. The van der Waals surface area contributed by atoms with Crippen LogP contribution < -0.4 is 0 Å². The third kappa shape index (κ3) is 16.4. The third-order valence-corrected chi connectivity index (χ3v) is 3.42. The Hall–Kier alpha value is 0.420. The molecule has 5 heteroatoms. The van der Waals surface area contributed by atoms with Crippen LogP contribution >= 0.6 is 12.6 Å². The van der Waals surface area contributed by atoms with Crippen molar-refractivity contribution in [2.45, 2.75) is 64.2 Å². The van der Waals surface area contributed by atoms with E-state index in [1.54, 1.807) is 0 Å². The van der Waals surface area contributed by atoms with Gasteiger partial charge in [-0.1, -0.05) is 51.4 Å². The van der Waals surface area contributed by atoms with Crippen molar-refractivity contribution >= 4 is 24.0 Å². The molecule has 0 spiro atoms. The smallest absolute Gasteiger partial charge is 0.284 e. The molecule has 0 heterocycles. The monoisotopic (exact) mass is 282 g/mol. The highest BCUT2D eigenvalue weighted by Gasteiger charge is 1.95. The molecule has 17 heavy (non-hydrogen) atoms. The second-order valence-electron chi connectivity index (χ2n) is 4.30. The van der Waals surface area contributed by atoms with E-state index < -0.39 is 11.4 Å². The Morgan fingerprint density at radius 3 is 1.65 bits per heavy atom. The van der Waals surface area contributed by atoms with Crippen LogP contribution in [-0.2, 0) is 15.5 Å². The molecule has 0 aliphatic carbocycles. The lowest BCUT2D eigenvalue weighted by atomic mass is 10.1. The highest BCUT2D eigenvalue weighted by molar-refractivity contribution is 7.80. The molecule has 1 unspecified atom stereocenters. The Balaban J connectivity index is 2.91. The summed E-state index contributed by atoms with van der Waals surface area (Å²) < 4.78 is 23.1. The molecular formula is C12H26O3S2. The molecule has 104 valence electrons. The van der Waals surface area contributed by atoms with Gasteiger partial charge >= 0.3 is 11.4 Å². The van der Waals surface area contributed by atoms with Gasteiger partial charge < -0.3 is 0 Å². The zero-order valence-electron chi connectivity index (χ0n) is 10.6. The topological polar surface area (TPSA) is 46.5 Å². The Kier molecular flexibility index (Phi) is 14.8. The average molecular weight is 282 g/mol. The summed E-state index contributed by atoms with van der Waals surface area (Å²) in [4.78, 5) is 0. The van der Waals surface area contributed by atoms with E-state index in [9.17, 15) is 4.21 Å². The van der Waals surface area contributed by atoms with Crippen molar-refractivity contribution in [1.82, 2.24) is 0 Å². The van der Waals surface area contributed by atoms with E-state index in [-0.39, 0.29) is 0 Å². The van der Waals surface area contributed by atoms with Gasteiger partial charge in [-0.25, -0.2) is 0 Å². The summed E-state index contributed by atoms with van der Waals surface area (Å²) in [5, 5.41) is 0. The summed E-state index contributed by atoms with van der Waals surface area (Å²) in [7, 11) is 0. The lowest BCUT2D eigenvalue weighted by Crippen LogP contribution is -1.97. The average Bonchev–Trinajstić information content (AvgIpc) is 2.30. The Labute approximate surface area is 114 Å². The number of hydrogen-bond acceptors (Lipinski definition) is 3. The van der Waals surface area contributed by atoms with Crippen LogP contribution in [0.4, 0.5) is 0 Å². The van der Waals surface area contributed by atoms with E-state index >= 15 is 0 Å². The summed E-state index contributed by atoms with van der Waals surface area (Å²) in [6.45, 7) is 0.396. The Bertz CT molecular complexity index is 177. The van der Waals surface area contributed by atoms with Crippen molar-refractivity contribution in [3.63, 3.8) is 0 Å². The van der Waals surface area contributed by atoms with Crippen molar-refractivity contribution in [3.8, 4) is 0 Å². The minimum atomic E-state index is -2.09. The van der Waals surface area contributed by atoms with Gasteiger partial charge in [0.15, 0.2) is 0 Å². The molecule has 0 bridgehead atoms. The summed E-state index contributed by atoms with van der Waals surface area (Å²) >= 11 is 2.10. The zero-order chi connectivity index (χ0) is 12.8. The van der Waals surface area contributed by atoms with Crippen LogP contribution in [0.25, 0.3) is 0 Å². The fourth-order valence-corrected chi connectivity index (χ4v) is 2.24. The van der Waals surface area contributed by atoms with Crippen LogP contribution in [0.5, 0.6) is 0 Å². The lowest BCUT2D eigenvalue weighted by molar-refractivity contribution is 0.296. The van der Waals surface area contributed by atoms with E-state index in [1.807, 2.05) is 0 Å². The van der Waals surface area contributed by atoms with Crippen LogP contribution in [0.15, 0.2) is 0 Å². The SMILES string of the molecule is O=S(O)OCCCCCCCCCCCCS. The van der Waals surface area contributed by atoms with Crippen LogP contribution in [-0.4, -0.2) is 21.1 Å². The molecule has 0 saturated carbocycles. The minimum absolute atomic E-state index is 0.396. The summed E-state index contributed by atoms with van der Waals surface area (Å²) in [5.74, 6) is 1.01. The van der Waals surface area contributed by atoms with Crippen molar-refractivity contribution in [2.75, 3.05) is 12.4 Å². The normalized spacial score (nSPS) is 12.8. The highest BCUT2D eigenvalue weighted by Crippen LogP contribution is 2.10. The number of hydrogen-bond donors (Lipinski definition) is 2. The lowest BCUT2D eigenvalue weighted by Gasteiger charge is -2.02. The van der Waals surface area contributed by atoms with Gasteiger partial charge in [-0.3, -0.25) is 8.74 Å². The summed E-state index contributed by atoms with van der Waals surface area (Å²) in [5.41, 5.74) is 0. The van der Waals surface area contributed by atoms with Crippen LogP contribution in [0.2, 0.25) is 0 Å². The molecule has 0 aromatic rings. The summed E-state index contributed by atoms with van der Waals surface area (Å²) in [6.07, 6.45) is 12.4. The maximum Gasteiger partial charge on any atom is 0.301 e. The molecule has 3 nitrogen and oxygen atoms in total. The molecule has 0 fully saturated rings. The molecule has 0 amide bonds. The standard InChI is InChI=1S/C12H26O3S2/c13-17(14)15-11-9-7-5-3-1-2-4-6-8-10-12-16/h16H,1-12H2,(H,13,14). The molecule has 1 N–H and O–H groups in total. The molecule has 0 radical (unpaired) electrons. The van der Waals surface area contributed by atoms with E-state index in [2.05, 4.69) is 16.8 Å². The fourth-order valence-electron chi connectivity index (χ4n) is 1.76. The van der Waals surface area contributed by atoms with Gasteiger partial charge in [0.05, 0.1) is 6.61 Å². The van der Waals surface area contributed by atoms with E-state index in [0.717, 1.165) is 18.6 Å². The molecule has 1 atom stereocenters.